The number of phenolic OH excluding ortho intramolecular Hbond substituents is 1. The fraction of sp³-hybridized carbons (Fsp3) is 0.621. The second-order valence-electron chi connectivity index (χ2n) is 12.6. The van der Waals surface area contributed by atoms with Gasteiger partial charge in [-0.05, 0) is 108 Å². The van der Waals surface area contributed by atoms with Crippen molar-refractivity contribution in [2.24, 2.45) is 28.3 Å². The van der Waals surface area contributed by atoms with Crippen LogP contribution in [0.3, 0.4) is 0 Å². The summed E-state index contributed by atoms with van der Waals surface area (Å²) < 4.78 is 1.02. The van der Waals surface area contributed by atoms with Crippen molar-refractivity contribution in [1.29, 1.82) is 0 Å². The van der Waals surface area contributed by atoms with Crippen LogP contribution in [0.2, 0.25) is 0 Å². The maximum atomic E-state index is 12.8. The van der Waals surface area contributed by atoms with Gasteiger partial charge in [-0.2, -0.15) is 0 Å². The highest BCUT2D eigenvalue weighted by Crippen LogP contribution is 2.63. The maximum absolute atomic E-state index is 12.8. The van der Waals surface area contributed by atoms with Gasteiger partial charge in [-0.3, -0.25) is 4.79 Å². The molecule has 3 aliphatic rings. The van der Waals surface area contributed by atoms with Crippen LogP contribution >= 0.6 is 33.9 Å². The van der Waals surface area contributed by atoms with E-state index in [-0.39, 0.29) is 16.7 Å². The van der Waals surface area contributed by atoms with Gasteiger partial charge in [0.25, 0.3) is 0 Å². The summed E-state index contributed by atoms with van der Waals surface area (Å²) in [6.45, 7) is 10.8. The average molecular weight is 636 g/mol. The molecular formula is C29H38IN3O3S. The molecule has 2 saturated carbocycles. The Labute approximate surface area is 237 Å². The van der Waals surface area contributed by atoms with Crippen molar-refractivity contribution in [2.75, 3.05) is 5.32 Å². The third-order valence-corrected chi connectivity index (χ3v) is 11.3. The summed E-state index contributed by atoms with van der Waals surface area (Å²) in [5.74, 6) is 2.06. The van der Waals surface area contributed by atoms with Crippen molar-refractivity contribution in [2.45, 2.75) is 90.9 Å². The zero-order chi connectivity index (χ0) is 26.7. The molecule has 37 heavy (non-hydrogen) atoms. The van der Waals surface area contributed by atoms with Crippen LogP contribution in [0.4, 0.5) is 5.13 Å². The number of rotatable bonds is 4. The molecule has 0 radical (unpaired) electrons. The number of carbonyl (C=O) groups excluding carboxylic acids is 1. The van der Waals surface area contributed by atoms with Crippen LogP contribution in [0, 0.1) is 33.7 Å². The number of oxime groups is 1. The van der Waals surface area contributed by atoms with Crippen molar-refractivity contribution < 1.29 is 15.1 Å². The molecule has 0 spiro atoms. The van der Waals surface area contributed by atoms with Crippen molar-refractivity contribution >= 4 is 50.7 Å². The number of aromatic hydroxyl groups is 1. The highest BCUT2D eigenvalue weighted by molar-refractivity contribution is 14.1. The molecule has 1 amide bonds. The lowest BCUT2D eigenvalue weighted by molar-refractivity contribution is -0.116. The Kier molecular flexibility index (Phi) is 7.13. The second kappa shape index (κ2) is 9.81. The minimum Gasteiger partial charge on any atom is -0.507 e. The molecule has 200 valence electrons. The molecule has 3 unspecified atom stereocenters. The van der Waals surface area contributed by atoms with E-state index < -0.39 is 0 Å². The van der Waals surface area contributed by atoms with Gasteiger partial charge in [0.15, 0.2) is 5.13 Å². The number of fused-ring (bicyclic) bond motifs is 5. The number of carbonyl (C=O) groups is 1. The molecule has 3 N–H and O–H groups in total. The molecule has 1 aromatic carbocycles. The topological polar surface area (TPSA) is 94.8 Å². The number of anilines is 1. The first-order chi connectivity index (χ1) is 17.4. The smallest absolute Gasteiger partial charge is 0.226 e. The van der Waals surface area contributed by atoms with Crippen LogP contribution in [-0.2, 0) is 16.6 Å². The van der Waals surface area contributed by atoms with Gasteiger partial charge in [0.05, 0.1) is 9.28 Å². The molecule has 1 aromatic heterocycles. The summed E-state index contributed by atoms with van der Waals surface area (Å²) >= 11 is 3.84. The minimum atomic E-state index is -0.134. The van der Waals surface area contributed by atoms with Crippen molar-refractivity contribution in [1.82, 2.24) is 4.98 Å². The Hall–Kier alpha value is -1.68. The van der Waals surface area contributed by atoms with Gasteiger partial charge in [-0.25, -0.2) is 4.98 Å². The third kappa shape index (κ3) is 4.70. The molecule has 2 fully saturated rings. The SMILES string of the molecule is Cc1cnc(NC(=O)CC[C@@H]2C/C(=N\O)[C@@]3(C)CCC4c5cc(C(C)(C)C)c(O)c(I)c5CCC4C23)s1. The molecular weight excluding hydrogens is 597 g/mol. The Balaban J connectivity index is 1.43. The minimum absolute atomic E-state index is 0.00615. The molecule has 1 heterocycles. The Morgan fingerprint density at radius 2 is 2.11 bits per heavy atom. The number of thiazole rings is 1. The summed E-state index contributed by atoms with van der Waals surface area (Å²) in [6.07, 6.45) is 7.85. The van der Waals surface area contributed by atoms with Gasteiger partial charge in [-0.15, -0.1) is 11.3 Å². The van der Waals surface area contributed by atoms with E-state index >= 15 is 0 Å². The molecule has 3 aliphatic carbocycles. The lowest BCUT2D eigenvalue weighted by atomic mass is 9.53. The van der Waals surface area contributed by atoms with E-state index in [1.165, 1.54) is 22.5 Å². The maximum Gasteiger partial charge on any atom is 0.226 e. The summed E-state index contributed by atoms with van der Waals surface area (Å²) in [5, 5.41) is 28.4. The summed E-state index contributed by atoms with van der Waals surface area (Å²) in [5.41, 5.74) is 4.41. The number of aryl methyl sites for hydroxylation is 1. The normalized spacial score (nSPS) is 30.1. The van der Waals surface area contributed by atoms with E-state index in [9.17, 15) is 15.1 Å². The van der Waals surface area contributed by atoms with Crippen LogP contribution in [0.5, 0.6) is 5.75 Å². The standard InChI is InChI=1S/C29H38IN3O3S/c1-15-14-31-27(37-15)32-23(34)9-6-16-12-22(33-36)29(5)11-10-17-18(24(16)29)7-8-19-20(17)13-21(28(2,3)4)26(35)25(19)30/h13-14,16-18,24,35-36H,6-12H2,1-5H3,(H,31,32,34)/b33-22+/t16-,17?,18?,24?,29-/m1/s1. The number of nitrogens with zero attached hydrogens (tertiary/aromatic N) is 2. The van der Waals surface area contributed by atoms with Gasteiger partial charge >= 0.3 is 0 Å². The molecule has 5 atom stereocenters. The fourth-order valence-corrected chi connectivity index (χ4v) is 9.21. The van der Waals surface area contributed by atoms with Crippen LogP contribution in [0.1, 0.15) is 93.7 Å². The first-order valence-corrected chi connectivity index (χ1v) is 15.3. The van der Waals surface area contributed by atoms with Gasteiger partial charge in [-0.1, -0.05) is 38.9 Å². The largest absolute Gasteiger partial charge is 0.507 e. The number of nitrogens with one attached hydrogen (secondary N) is 1. The summed E-state index contributed by atoms with van der Waals surface area (Å²) in [4.78, 5) is 18.1. The third-order valence-electron chi connectivity index (χ3n) is 9.35. The highest BCUT2D eigenvalue weighted by atomic mass is 127. The molecule has 0 bridgehead atoms. The van der Waals surface area contributed by atoms with E-state index in [1.54, 1.807) is 6.20 Å². The van der Waals surface area contributed by atoms with Crippen molar-refractivity contribution in [3.8, 4) is 5.75 Å². The summed E-state index contributed by atoms with van der Waals surface area (Å²) in [7, 11) is 0. The number of halogens is 1. The van der Waals surface area contributed by atoms with Crippen LogP contribution < -0.4 is 5.32 Å². The Morgan fingerprint density at radius 3 is 2.76 bits per heavy atom. The Bertz CT molecular complexity index is 1250. The van der Waals surface area contributed by atoms with E-state index in [2.05, 4.69) is 71.8 Å². The van der Waals surface area contributed by atoms with Gasteiger partial charge in [0.2, 0.25) is 5.91 Å². The van der Waals surface area contributed by atoms with Gasteiger partial charge < -0.3 is 15.6 Å². The number of hydrogen-bond donors (Lipinski definition) is 3. The Morgan fingerprint density at radius 1 is 1.35 bits per heavy atom. The number of hydrogen-bond acceptors (Lipinski definition) is 6. The molecule has 2 aromatic rings. The monoisotopic (exact) mass is 635 g/mol. The second-order valence-corrected chi connectivity index (χ2v) is 14.9. The zero-order valence-corrected chi connectivity index (χ0v) is 25.4. The van der Waals surface area contributed by atoms with E-state index in [4.69, 9.17) is 0 Å². The van der Waals surface area contributed by atoms with E-state index in [0.717, 1.165) is 58.2 Å². The quantitative estimate of drug-likeness (QED) is 0.186. The highest BCUT2D eigenvalue weighted by Gasteiger charge is 2.57. The number of aromatic nitrogens is 1. The molecule has 0 aliphatic heterocycles. The molecule has 0 saturated heterocycles. The van der Waals surface area contributed by atoms with E-state index in [1.807, 2.05) is 6.92 Å². The lowest BCUT2D eigenvalue weighted by Crippen LogP contribution is -2.44. The molecule has 5 rings (SSSR count). The number of phenols is 1. The average Bonchev–Trinajstić information content (AvgIpc) is 3.38. The predicted molar refractivity (Wildman–Crippen MR) is 157 cm³/mol. The molecule has 8 heteroatoms. The van der Waals surface area contributed by atoms with Crippen LogP contribution in [0.25, 0.3) is 0 Å². The molecule has 6 nitrogen and oxygen atoms in total. The first-order valence-electron chi connectivity index (χ1n) is 13.4. The predicted octanol–water partition coefficient (Wildman–Crippen LogP) is 7.39. The number of amides is 1. The van der Waals surface area contributed by atoms with Crippen LogP contribution in [-0.4, -0.2) is 26.9 Å². The fourth-order valence-electron chi connectivity index (χ4n) is 7.65. The first kappa shape index (κ1) is 26.9. The van der Waals surface area contributed by atoms with Gasteiger partial charge in [0.1, 0.15) is 5.75 Å². The lowest BCUT2D eigenvalue weighted by Gasteiger charge is -2.50. The van der Waals surface area contributed by atoms with E-state index in [0.29, 0.717) is 41.0 Å². The summed E-state index contributed by atoms with van der Waals surface area (Å²) in [6, 6.07) is 2.29. The van der Waals surface area contributed by atoms with Crippen molar-refractivity contribution in [3.05, 3.63) is 37.4 Å². The van der Waals surface area contributed by atoms with Gasteiger partial charge in [0, 0.05) is 28.5 Å². The zero-order valence-electron chi connectivity index (χ0n) is 22.4. The van der Waals surface area contributed by atoms with Crippen molar-refractivity contribution in [3.63, 3.8) is 0 Å². The van der Waals surface area contributed by atoms with Crippen LogP contribution in [0.15, 0.2) is 17.4 Å². The number of benzene rings is 1.